The molecule has 26 heavy (non-hydrogen) atoms. The zero-order chi connectivity index (χ0) is 18.6. The van der Waals surface area contributed by atoms with Gasteiger partial charge in [0.2, 0.25) is 10.0 Å². The van der Waals surface area contributed by atoms with Crippen LogP contribution in [0.15, 0.2) is 89.8 Å². The van der Waals surface area contributed by atoms with Crippen LogP contribution in [-0.2, 0) is 16.6 Å². The monoisotopic (exact) mass is 369 g/mol. The Morgan fingerprint density at radius 3 is 1.96 bits per heavy atom. The first kappa shape index (κ1) is 18.3. The van der Waals surface area contributed by atoms with Gasteiger partial charge in [0.05, 0.1) is 4.90 Å². The van der Waals surface area contributed by atoms with E-state index in [-0.39, 0.29) is 17.5 Å². The Hall–Kier alpha value is -2.50. The molecule has 0 N–H and O–H groups in total. The lowest BCUT2D eigenvalue weighted by molar-refractivity contribution is 0.336. The zero-order valence-corrected chi connectivity index (χ0v) is 15.2. The second-order valence-corrected chi connectivity index (χ2v) is 7.97. The minimum atomic E-state index is -3.80. The van der Waals surface area contributed by atoms with Crippen LogP contribution in [0.3, 0.4) is 0 Å². The number of benzene rings is 3. The summed E-state index contributed by atoms with van der Waals surface area (Å²) in [6, 6.07) is 23.5. The number of nitrogens with zero attached hydrogens (tertiary/aromatic N) is 1. The van der Waals surface area contributed by atoms with Gasteiger partial charge in [-0.25, -0.2) is 12.8 Å². The summed E-state index contributed by atoms with van der Waals surface area (Å²) < 4.78 is 41.2. The maximum Gasteiger partial charge on any atom is 0.243 e. The molecule has 3 aromatic carbocycles. The summed E-state index contributed by atoms with van der Waals surface area (Å²) in [5, 5.41) is 0. The van der Waals surface area contributed by atoms with Crippen molar-refractivity contribution in [3.63, 3.8) is 0 Å². The molecule has 0 saturated heterocycles. The van der Waals surface area contributed by atoms with Gasteiger partial charge in [-0.15, -0.1) is 0 Å². The minimum Gasteiger partial charge on any atom is -0.207 e. The van der Waals surface area contributed by atoms with Crippen LogP contribution < -0.4 is 0 Å². The molecule has 3 rings (SSSR count). The molecule has 5 heteroatoms. The molecule has 0 unspecified atom stereocenters. The quantitative estimate of drug-likeness (QED) is 0.627. The predicted octanol–water partition coefficient (Wildman–Crippen LogP) is 4.78. The Morgan fingerprint density at radius 1 is 0.846 bits per heavy atom. The molecule has 0 heterocycles. The fourth-order valence-corrected chi connectivity index (χ4v) is 4.44. The van der Waals surface area contributed by atoms with E-state index in [1.54, 1.807) is 0 Å². The van der Waals surface area contributed by atoms with Crippen LogP contribution in [0.2, 0.25) is 0 Å². The van der Waals surface area contributed by atoms with Crippen LogP contribution in [0, 0.1) is 5.82 Å². The number of halogens is 1. The topological polar surface area (TPSA) is 37.4 Å². The molecule has 0 aliphatic rings. The van der Waals surface area contributed by atoms with Crippen LogP contribution in [0.25, 0.3) is 0 Å². The van der Waals surface area contributed by atoms with Crippen molar-refractivity contribution in [2.24, 2.45) is 0 Å². The van der Waals surface area contributed by atoms with Gasteiger partial charge in [-0.2, -0.15) is 4.31 Å². The highest BCUT2D eigenvalue weighted by Gasteiger charge is 2.30. The van der Waals surface area contributed by atoms with Crippen LogP contribution in [0.4, 0.5) is 4.39 Å². The maximum absolute atomic E-state index is 13.3. The fourth-order valence-electron chi connectivity index (χ4n) is 2.83. The van der Waals surface area contributed by atoms with E-state index >= 15 is 0 Å². The normalized spacial score (nSPS) is 12.9. The number of hydrogen-bond acceptors (Lipinski definition) is 2. The molecule has 0 amide bonds. The Labute approximate surface area is 153 Å². The molecule has 3 nitrogen and oxygen atoms in total. The van der Waals surface area contributed by atoms with Crippen molar-refractivity contribution >= 4 is 10.0 Å². The van der Waals surface area contributed by atoms with Crippen LogP contribution in [0.5, 0.6) is 0 Å². The third-order valence-corrected chi connectivity index (χ3v) is 6.25. The molecule has 0 saturated carbocycles. The highest BCUT2D eigenvalue weighted by Crippen LogP contribution is 2.29. The summed E-state index contributed by atoms with van der Waals surface area (Å²) in [6.07, 6.45) is 0. The van der Waals surface area contributed by atoms with Gasteiger partial charge in [-0.1, -0.05) is 60.7 Å². The summed E-state index contributed by atoms with van der Waals surface area (Å²) in [6.45, 7) is 2.09. The third-order valence-electron chi connectivity index (χ3n) is 4.32. The highest BCUT2D eigenvalue weighted by atomic mass is 32.2. The molecule has 0 aliphatic heterocycles. The average Bonchev–Trinajstić information content (AvgIpc) is 2.67. The van der Waals surface area contributed by atoms with Crippen molar-refractivity contribution in [3.8, 4) is 0 Å². The number of hydrogen-bond donors (Lipinski definition) is 0. The highest BCUT2D eigenvalue weighted by molar-refractivity contribution is 7.89. The maximum atomic E-state index is 13.3. The molecule has 0 bridgehead atoms. The van der Waals surface area contributed by atoms with E-state index in [1.807, 2.05) is 67.6 Å². The van der Waals surface area contributed by atoms with Crippen molar-refractivity contribution in [2.75, 3.05) is 0 Å². The van der Waals surface area contributed by atoms with Crippen LogP contribution in [-0.4, -0.2) is 12.7 Å². The first-order valence-electron chi connectivity index (χ1n) is 8.35. The molecule has 134 valence electrons. The van der Waals surface area contributed by atoms with E-state index in [2.05, 4.69) is 0 Å². The third kappa shape index (κ3) is 4.00. The second kappa shape index (κ2) is 7.81. The SMILES string of the molecule is C[C@H](c1ccccc1)N(Cc1ccccc1)S(=O)(=O)c1ccc(F)cc1. The molecule has 0 radical (unpaired) electrons. The van der Waals surface area contributed by atoms with Crippen molar-refractivity contribution < 1.29 is 12.8 Å². The van der Waals surface area contributed by atoms with E-state index in [0.717, 1.165) is 11.1 Å². The lowest BCUT2D eigenvalue weighted by atomic mass is 10.1. The van der Waals surface area contributed by atoms with Gasteiger partial charge in [0.1, 0.15) is 5.82 Å². The molecule has 0 aromatic heterocycles. The molecular formula is C21H20FNO2S. The Bertz CT molecular complexity index is 942. The first-order valence-corrected chi connectivity index (χ1v) is 9.79. The largest absolute Gasteiger partial charge is 0.243 e. The molecule has 1 atom stereocenters. The second-order valence-electron chi connectivity index (χ2n) is 6.08. The Morgan fingerprint density at radius 2 is 1.38 bits per heavy atom. The van der Waals surface area contributed by atoms with Gasteiger partial charge in [-0.3, -0.25) is 0 Å². The van der Waals surface area contributed by atoms with Gasteiger partial charge in [0, 0.05) is 12.6 Å². The molecular weight excluding hydrogens is 349 g/mol. The standard InChI is InChI=1S/C21H20FNO2S/c1-17(19-10-6-3-7-11-19)23(16-18-8-4-2-5-9-18)26(24,25)21-14-12-20(22)13-15-21/h2-15,17H,16H2,1H3/t17-/m1/s1. The Kier molecular flexibility index (Phi) is 5.49. The first-order chi connectivity index (χ1) is 12.5. The van der Waals surface area contributed by atoms with Gasteiger partial charge in [0.15, 0.2) is 0 Å². The van der Waals surface area contributed by atoms with E-state index in [9.17, 15) is 12.8 Å². The zero-order valence-electron chi connectivity index (χ0n) is 14.4. The van der Waals surface area contributed by atoms with Crippen LogP contribution >= 0.6 is 0 Å². The number of rotatable bonds is 6. The van der Waals surface area contributed by atoms with E-state index in [4.69, 9.17) is 0 Å². The van der Waals surface area contributed by atoms with E-state index < -0.39 is 15.8 Å². The lowest BCUT2D eigenvalue weighted by Gasteiger charge is -2.29. The average molecular weight is 369 g/mol. The summed E-state index contributed by atoms with van der Waals surface area (Å²) in [7, 11) is -3.80. The Balaban J connectivity index is 2.03. The van der Waals surface area contributed by atoms with Gasteiger partial charge >= 0.3 is 0 Å². The summed E-state index contributed by atoms with van der Waals surface area (Å²) in [5.41, 5.74) is 1.79. The van der Waals surface area contributed by atoms with Crippen molar-refractivity contribution in [1.82, 2.24) is 4.31 Å². The van der Waals surface area contributed by atoms with E-state index in [1.165, 1.54) is 28.6 Å². The summed E-state index contributed by atoms with van der Waals surface area (Å²) >= 11 is 0. The predicted molar refractivity (Wildman–Crippen MR) is 100 cm³/mol. The van der Waals surface area contributed by atoms with Crippen LogP contribution in [0.1, 0.15) is 24.1 Å². The fraction of sp³-hybridized carbons (Fsp3) is 0.143. The summed E-state index contributed by atoms with van der Waals surface area (Å²) in [5.74, 6) is -0.463. The minimum absolute atomic E-state index is 0.0811. The van der Waals surface area contributed by atoms with Crippen molar-refractivity contribution in [2.45, 2.75) is 24.4 Å². The van der Waals surface area contributed by atoms with Gasteiger partial charge in [0.25, 0.3) is 0 Å². The summed E-state index contributed by atoms with van der Waals surface area (Å²) in [4.78, 5) is 0.0811. The molecule has 0 fully saturated rings. The molecule has 0 spiro atoms. The van der Waals surface area contributed by atoms with Crippen molar-refractivity contribution in [3.05, 3.63) is 102 Å². The molecule has 0 aliphatic carbocycles. The van der Waals surface area contributed by atoms with E-state index in [0.29, 0.717) is 0 Å². The van der Waals surface area contributed by atoms with Crippen molar-refractivity contribution in [1.29, 1.82) is 0 Å². The smallest absolute Gasteiger partial charge is 0.207 e. The van der Waals surface area contributed by atoms with Gasteiger partial charge in [-0.05, 0) is 42.3 Å². The van der Waals surface area contributed by atoms with Gasteiger partial charge < -0.3 is 0 Å². The molecule has 3 aromatic rings. The number of sulfonamides is 1. The lowest BCUT2D eigenvalue weighted by Crippen LogP contribution is -2.33.